The first kappa shape index (κ1) is 18.3. The largest absolute Gasteiger partial charge is 0.493 e. The molecular weight excluding hydrogens is 332 g/mol. The van der Waals surface area contributed by atoms with Crippen LogP contribution in [0.15, 0.2) is 24.3 Å². The highest BCUT2D eigenvalue weighted by Gasteiger charge is 2.17. The lowest BCUT2D eigenvalue weighted by Crippen LogP contribution is -2.20. The van der Waals surface area contributed by atoms with Gasteiger partial charge in [0.1, 0.15) is 5.75 Å². The minimum Gasteiger partial charge on any atom is -0.493 e. The van der Waals surface area contributed by atoms with E-state index >= 15 is 0 Å². The van der Waals surface area contributed by atoms with Crippen LogP contribution >= 0.6 is 11.3 Å². The molecule has 4 nitrogen and oxygen atoms in total. The Morgan fingerprint density at radius 2 is 2.00 bits per heavy atom. The SMILES string of the molecule is CCOc1ccc(N)c(N(C)CC)c1CNc1ccc(C(F)F)s1. The minimum absolute atomic E-state index is 0.0565. The van der Waals surface area contributed by atoms with Crippen LogP contribution in [0, 0.1) is 0 Å². The predicted molar refractivity (Wildman–Crippen MR) is 97.6 cm³/mol. The highest BCUT2D eigenvalue weighted by atomic mass is 32.1. The monoisotopic (exact) mass is 355 g/mol. The maximum absolute atomic E-state index is 12.7. The Hall–Kier alpha value is -2.02. The van der Waals surface area contributed by atoms with Crippen LogP contribution in [0.2, 0.25) is 0 Å². The summed E-state index contributed by atoms with van der Waals surface area (Å²) in [6.45, 7) is 5.74. The van der Waals surface area contributed by atoms with E-state index in [-0.39, 0.29) is 4.88 Å². The molecule has 0 aliphatic carbocycles. The van der Waals surface area contributed by atoms with Crippen molar-refractivity contribution in [2.24, 2.45) is 0 Å². The Kier molecular flexibility index (Phi) is 6.25. The molecular formula is C17H23F2N3OS. The molecule has 0 saturated heterocycles. The molecule has 7 heteroatoms. The Morgan fingerprint density at radius 1 is 1.25 bits per heavy atom. The van der Waals surface area contributed by atoms with Crippen molar-refractivity contribution in [3.05, 3.63) is 34.7 Å². The molecule has 24 heavy (non-hydrogen) atoms. The van der Waals surface area contributed by atoms with Crippen LogP contribution in [-0.4, -0.2) is 20.2 Å². The number of nitrogens with one attached hydrogen (secondary N) is 1. The Labute approximate surface area is 145 Å². The third-order valence-corrected chi connectivity index (χ3v) is 4.76. The first-order valence-corrected chi connectivity index (χ1v) is 8.66. The van der Waals surface area contributed by atoms with E-state index in [4.69, 9.17) is 10.5 Å². The van der Waals surface area contributed by atoms with Crippen molar-refractivity contribution in [1.82, 2.24) is 0 Å². The highest BCUT2D eigenvalue weighted by molar-refractivity contribution is 7.16. The fourth-order valence-electron chi connectivity index (χ4n) is 2.45. The smallest absolute Gasteiger partial charge is 0.272 e. The lowest BCUT2D eigenvalue weighted by atomic mass is 10.1. The summed E-state index contributed by atoms with van der Waals surface area (Å²) >= 11 is 1.06. The number of benzene rings is 1. The Morgan fingerprint density at radius 3 is 2.58 bits per heavy atom. The van der Waals surface area contributed by atoms with Gasteiger partial charge in [-0.25, -0.2) is 8.78 Å². The fraction of sp³-hybridized carbons (Fsp3) is 0.412. The topological polar surface area (TPSA) is 50.5 Å². The van der Waals surface area contributed by atoms with E-state index in [1.807, 2.05) is 37.9 Å². The van der Waals surface area contributed by atoms with Crippen LogP contribution in [0.4, 0.5) is 25.2 Å². The van der Waals surface area contributed by atoms with E-state index in [2.05, 4.69) is 5.32 Å². The summed E-state index contributed by atoms with van der Waals surface area (Å²) < 4.78 is 31.2. The van der Waals surface area contributed by atoms with Crippen molar-refractivity contribution >= 4 is 27.7 Å². The van der Waals surface area contributed by atoms with E-state index in [1.54, 1.807) is 6.07 Å². The second-order valence-corrected chi connectivity index (χ2v) is 6.40. The minimum atomic E-state index is -2.45. The van der Waals surface area contributed by atoms with E-state index in [1.165, 1.54) is 6.07 Å². The standard InChI is InChI=1S/C17H23F2N3OS/c1-4-22(3)16-11(13(23-5-2)7-6-12(16)20)10-21-15-9-8-14(24-15)17(18)19/h6-9,17,21H,4-5,10,20H2,1-3H3. The number of anilines is 3. The van der Waals surface area contributed by atoms with Crippen molar-refractivity contribution in [1.29, 1.82) is 0 Å². The molecule has 0 saturated carbocycles. The Balaban J connectivity index is 2.29. The number of rotatable bonds is 8. The summed E-state index contributed by atoms with van der Waals surface area (Å²) in [5.74, 6) is 0.750. The van der Waals surface area contributed by atoms with Gasteiger partial charge < -0.3 is 20.7 Å². The quantitative estimate of drug-likeness (QED) is 0.672. The van der Waals surface area contributed by atoms with Gasteiger partial charge in [-0.1, -0.05) is 0 Å². The van der Waals surface area contributed by atoms with Gasteiger partial charge in [0.2, 0.25) is 0 Å². The molecule has 0 atom stereocenters. The summed E-state index contributed by atoms with van der Waals surface area (Å²) in [4.78, 5) is 2.11. The third-order valence-electron chi connectivity index (χ3n) is 3.71. The summed E-state index contributed by atoms with van der Waals surface area (Å²) in [5, 5.41) is 3.90. The number of hydrogen-bond donors (Lipinski definition) is 2. The molecule has 0 bridgehead atoms. The maximum Gasteiger partial charge on any atom is 0.272 e. The number of halogens is 2. The van der Waals surface area contributed by atoms with Gasteiger partial charge in [0.25, 0.3) is 6.43 Å². The summed E-state index contributed by atoms with van der Waals surface area (Å²) in [5.41, 5.74) is 8.65. The molecule has 1 aromatic heterocycles. The predicted octanol–water partition coefficient (Wildman–Crippen LogP) is 4.73. The fourth-order valence-corrected chi connectivity index (χ4v) is 3.21. The molecule has 132 valence electrons. The highest BCUT2D eigenvalue weighted by Crippen LogP contribution is 2.36. The molecule has 1 aromatic carbocycles. The van der Waals surface area contributed by atoms with Gasteiger partial charge in [0.05, 0.1) is 27.9 Å². The van der Waals surface area contributed by atoms with E-state index in [0.29, 0.717) is 23.8 Å². The van der Waals surface area contributed by atoms with Crippen LogP contribution in [0.5, 0.6) is 5.75 Å². The molecule has 0 aliphatic heterocycles. The van der Waals surface area contributed by atoms with Gasteiger partial charge in [-0.3, -0.25) is 0 Å². The molecule has 0 unspecified atom stereocenters. The number of nitrogen functional groups attached to an aromatic ring is 1. The molecule has 0 spiro atoms. The zero-order chi connectivity index (χ0) is 17.7. The molecule has 0 aliphatic rings. The van der Waals surface area contributed by atoms with Crippen LogP contribution in [0.3, 0.4) is 0 Å². The maximum atomic E-state index is 12.7. The average Bonchev–Trinajstić information content (AvgIpc) is 3.03. The van der Waals surface area contributed by atoms with Gasteiger partial charge >= 0.3 is 0 Å². The van der Waals surface area contributed by atoms with E-state index in [9.17, 15) is 8.78 Å². The van der Waals surface area contributed by atoms with Crippen molar-refractivity contribution in [2.75, 3.05) is 36.1 Å². The normalized spacial score (nSPS) is 10.9. The number of nitrogens with two attached hydrogens (primary N) is 1. The molecule has 0 radical (unpaired) electrons. The second-order valence-electron chi connectivity index (χ2n) is 5.28. The van der Waals surface area contributed by atoms with Crippen molar-refractivity contribution in [3.8, 4) is 5.75 Å². The van der Waals surface area contributed by atoms with E-state index in [0.717, 1.165) is 34.9 Å². The second kappa shape index (κ2) is 8.19. The third kappa shape index (κ3) is 4.08. The summed E-state index contributed by atoms with van der Waals surface area (Å²) in [7, 11) is 1.96. The zero-order valence-corrected chi connectivity index (χ0v) is 14.9. The van der Waals surface area contributed by atoms with Gasteiger partial charge in [-0.05, 0) is 38.1 Å². The van der Waals surface area contributed by atoms with Crippen LogP contribution in [-0.2, 0) is 6.54 Å². The van der Waals surface area contributed by atoms with Gasteiger partial charge in [0, 0.05) is 25.7 Å². The van der Waals surface area contributed by atoms with Crippen LogP contribution in [0.25, 0.3) is 0 Å². The Bertz CT molecular complexity index is 676. The number of hydrogen-bond acceptors (Lipinski definition) is 5. The molecule has 1 heterocycles. The number of nitrogens with zero attached hydrogens (tertiary/aromatic N) is 1. The molecule has 2 aromatic rings. The summed E-state index contributed by atoms with van der Waals surface area (Å²) in [6, 6.07) is 6.79. The number of thiophene rings is 1. The number of alkyl halides is 2. The lowest BCUT2D eigenvalue weighted by Gasteiger charge is -2.25. The van der Waals surface area contributed by atoms with Gasteiger partial charge in [-0.15, -0.1) is 11.3 Å². The van der Waals surface area contributed by atoms with E-state index < -0.39 is 6.43 Å². The molecule has 0 fully saturated rings. The van der Waals surface area contributed by atoms with Crippen LogP contribution < -0.4 is 20.7 Å². The van der Waals surface area contributed by atoms with Gasteiger partial charge in [-0.2, -0.15) is 0 Å². The van der Waals surface area contributed by atoms with Crippen LogP contribution in [0.1, 0.15) is 30.7 Å². The number of ether oxygens (including phenoxy) is 1. The first-order chi connectivity index (χ1) is 11.5. The van der Waals surface area contributed by atoms with Crippen molar-refractivity contribution in [3.63, 3.8) is 0 Å². The van der Waals surface area contributed by atoms with Crippen molar-refractivity contribution < 1.29 is 13.5 Å². The zero-order valence-electron chi connectivity index (χ0n) is 14.1. The van der Waals surface area contributed by atoms with Gasteiger partial charge in [0.15, 0.2) is 0 Å². The molecule has 3 N–H and O–H groups in total. The first-order valence-electron chi connectivity index (χ1n) is 7.84. The van der Waals surface area contributed by atoms with Crippen molar-refractivity contribution in [2.45, 2.75) is 26.8 Å². The molecule has 2 rings (SSSR count). The molecule has 0 amide bonds. The summed E-state index contributed by atoms with van der Waals surface area (Å²) in [6.07, 6.45) is -2.45. The lowest BCUT2D eigenvalue weighted by molar-refractivity contribution is 0.155. The average molecular weight is 355 g/mol.